The average Bonchev–Trinajstić information content (AvgIpc) is 3.27. The predicted octanol–water partition coefficient (Wildman–Crippen LogP) is 8.29. The van der Waals surface area contributed by atoms with Crippen molar-refractivity contribution >= 4 is 29.5 Å². The molecule has 0 saturated heterocycles. The summed E-state index contributed by atoms with van der Waals surface area (Å²) < 4.78 is 36.7. The summed E-state index contributed by atoms with van der Waals surface area (Å²) in [7, 11) is 0. The normalized spacial score (nSPS) is 34.7. The van der Waals surface area contributed by atoms with Gasteiger partial charge in [-0.15, -0.1) is 0 Å². The molecular formula is C40H59FO8. The Morgan fingerprint density at radius 3 is 2.06 bits per heavy atom. The number of ketones is 2. The van der Waals surface area contributed by atoms with Gasteiger partial charge in [0.15, 0.2) is 23.7 Å². The first kappa shape index (κ1) is 39.0. The van der Waals surface area contributed by atoms with Gasteiger partial charge in [0.2, 0.25) is 5.78 Å². The number of carbonyl (C=O) groups excluding carboxylic acids is 5. The molecule has 0 heterocycles. The number of carbonyl (C=O) groups is 5. The van der Waals surface area contributed by atoms with E-state index < -0.39 is 76.3 Å². The van der Waals surface area contributed by atoms with Crippen molar-refractivity contribution in [2.45, 2.75) is 162 Å². The van der Waals surface area contributed by atoms with Crippen LogP contribution in [0.25, 0.3) is 0 Å². The molecule has 0 amide bonds. The number of fused-ring (bicyclic) bond motifs is 5. The molecule has 274 valence electrons. The van der Waals surface area contributed by atoms with Gasteiger partial charge in [-0.2, -0.15) is 0 Å². The molecule has 3 saturated carbocycles. The van der Waals surface area contributed by atoms with Crippen LogP contribution in [0, 0.1) is 28.6 Å². The molecule has 0 aliphatic heterocycles. The van der Waals surface area contributed by atoms with Crippen molar-refractivity contribution in [1.29, 1.82) is 0 Å². The standard InChI is InChI=1S/C40H59FO8/c1-7-10-13-16-34(44)47-26-32(43)40(49-36(46)18-15-12-9-3)27(4)23-31-30-20-19-28-24-29(42)21-22-37(28,5)39(30,41)33(25-38(31,40)6)48-35(45)17-14-11-8-2/h21-22,24,27,30-31,33H,7-20,23,25-26H2,1-6H3/t27-,30+,31-,33-,37+,38+,39+,40+/m1/s1. The van der Waals surface area contributed by atoms with Crippen LogP contribution < -0.4 is 0 Å². The molecule has 0 aromatic carbocycles. The van der Waals surface area contributed by atoms with E-state index in [0.717, 1.165) is 38.5 Å². The first-order valence-corrected chi connectivity index (χ1v) is 19.0. The van der Waals surface area contributed by atoms with Crippen LogP contribution in [0.2, 0.25) is 0 Å². The third-order valence-electron chi connectivity index (χ3n) is 12.4. The predicted molar refractivity (Wildman–Crippen MR) is 184 cm³/mol. The second-order valence-corrected chi connectivity index (χ2v) is 15.5. The zero-order valence-electron chi connectivity index (χ0n) is 30.7. The summed E-state index contributed by atoms with van der Waals surface area (Å²) in [5.41, 5.74) is -5.44. The largest absolute Gasteiger partial charge is 0.459 e. The molecule has 3 fully saturated rings. The maximum atomic E-state index is 18.6. The van der Waals surface area contributed by atoms with Crippen LogP contribution in [0.1, 0.15) is 144 Å². The van der Waals surface area contributed by atoms with E-state index >= 15 is 4.39 Å². The maximum absolute atomic E-state index is 18.6. The maximum Gasteiger partial charge on any atom is 0.306 e. The summed E-state index contributed by atoms with van der Waals surface area (Å²) in [6, 6.07) is 0. The highest BCUT2D eigenvalue weighted by Crippen LogP contribution is 2.72. The van der Waals surface area contributed by atoms with Crippen molar-refractivity contribution in [2.75, 3.05) is 6.61 Å². The third kappa shape index (κ3) is 7.19. The molecule has 4 aliphatic carbocycles. The molecule has 0 aromatic rings. The number of esters is 3. The Hall–Kier alpha value is -2.84. The highest BCUT2D eigenvalue weighted by atomic mass is 19.1. The molecule has 0 N–H and O–H groups in total. The zero-order valence-corrected chi connectivity index (χ0v) is 30.7. The number of hydrogen-bond acceptors (Lipinski definition) is 8. The van der Waals surface area contributed by atoms with Gasteiger partial charge < -0.3 is 14.2 Å². The fraction of sp³-hybridized carbons (Fsp3) is 0.775. The van der Waals surface area contributed by atoms with Crippen molar-refractivity contribution in [3.63, 3.8) is 0 Å². The van der Waals surface area contributed by atoms with Gasteiger partial charge in [-0.05, 0) is 69.9 Å². The summed E-state index contributed by atoms with van der Waals surface area (Å²) in [5.74, 6) is -3.80. The van der Waals surface area contributed by atoms with Crippen LogP contribution in [-0.4, -0.2) is 53.5 Å². The minimum Gasteiger partial charge on any atom is -0.459 e. The number of ether oxygens (including phenoxy) is 3. The number of halogens is 1. The first-order valence-electron chi connectivity index (χ1n) is 19.0. The van der Waals surface area contributed by atoms with E-state index in [0.29, 0.717) is 44.1 Å². The van der Waals surface area contributed by atoms with E-state index in [1.807, 2.05) is 34.6 Å². The summed E-state index contributed by atoms with van der Waals surface area (Å²) in [6.07, 6.45) is 12.1. The van der Waals surface area contributed by atoms with Gasteiger partial charge in [0.1, 0.15) is 6.10 Å². The van der Waals surface area contributed by atoms with Crippen molar-refractivity contribution < 1.29 is 42.6 Å². The number of unbranched alkanes of at least 4 members (excludes halogenated alkanes) is 6. The lowest BCUT2D eigenvalue weighted by atomic mass is 9.44. The number of Topliss-reactive ketones (excluding diaryl/α,β-unsaturated/α-hetero) is 1. The molecule has 8 atom stereocenters. The van der Waals surface area contributed by atoms with E-state index in [2.05, 4.69) is 0 Å². The fourth-order valence-electron chi connectivity index (χ4n) is 9.82. The third-order valence-corrected chi connectivity index (χ3v) is 12.4. The monoisotopic (exact) mass is 686 g/mol. The number of rotatable bonds is 17. The Labute approximate surface area is 292 Å². The number of alkyl halides is 1. The Morgan fingerprint density at radius 1 is 0.857 bits per heavy atom. The molecule has 9 heteroatoms. The molecule has 8 nitrogen and oxygen atoms in total. The highest BCUT2D eigenvalue weighted by Gasteiger charge is 2.78. The number of hydrogen-bond donors (Lipinski definition) is 0. The first-order chi connectivity index (χ1) is 23.2. The Balaban J connectivity index is 1.79. The van der Waals surface area contributed by atoms with E-state index in [1.165, 1.54) is 12.2 Å². The van der Waals surface area contributed by atoms with Gasteiger partial charge in [0, 0.05) is 41.9 Å². The van der Waals surface area contributed by atoms with Crippen LogP contribution in [-0.2, 0) is 38.2 Å². The zero-order chi connectivity index (χ0) is 36.0. The van der Waals surface area contributed by atoms with Crippen molar-refractivity contribution in [2.24, 2.45) is 28.6 Å². The number of allylic oxidation sites excluding steroid dienone is 4. The summed E-state index contributed by atoms with van der Waals surface area (Å²) in [4.78, 5) is 66.7. The van der Waals surface area contributed by atoms with Gasteiger partial charge in [0.05, 0.1) is 0 Å². The van der Waals surface area contributed by atoms with Crippen LogP contribution in [0.5, 0.6) is 0 Å². The molecule has 0 aromatic heterocycles. The smallest absolute Gasteiger partial charge is 0.306 e. The van der Waals surface area contributed by atoms with Crippen LogP contribution >= 0.6 is 0 Å². The summed E-state index contributed by atoms with van der Waals surface area (Å²) in [6.45, 7) is 11.1. The molecular weight excluding hydrogens is 627 g/mol. The summed E-state index contributed by atoms with van der Waals surface area (Å²) >= 11 is 0. The Kier molecular flexibility index (Phi) is 12.7. The SMILES string of the molecule is CCCCCC(=O)OCC(=O)[C@@]1(OC(=O)CCCCC)[C@H](C)C[C@@H]2[C@@H]3CCC4=CC(=O)C=C[C@]4(C)[C@@]3(F)[C@H](OC(=O)CCCCC)C[C@@]21C. The molecule has 4 aliphatic rings. The molecule has 0 unspecified atom stereocenters. The van der Waals surface area contributed by atoms with E-state index in [9.17, 15) is 24.0 Å². The van der Waals surface area contributed by atoms with Gasteiger partial charge in [-0.1, -0.05) is 84.8 Å². The topological polar surface area (TPSA) is 113 Å². The minimum atomic E-state index is -2.07. The second kappa shape index (κ2) is 16.0. The fourth-order valence-corrected chi connectivity index (χ4v) is 9.82. The van der Waals surface area contributed by atoms with Crippen LogP contribution in [0.15, 0.2) is 23.8 Å². The van der Waals surface area contributed by atoms with Crippen molar-refractivity contribution in [1.82, 2.24) is 0 Å². The lowest BCUT2D eigenvalue weighted by Gasteiger charge is -2.63. The van der Waals surface area contributed by atoms with Crippen molar-refractivity contribution in [3.8, 4) is 0 Å². The molecule has 4 rings (SSSR count). The second-order valence-electron chi connectivity index (χ2n) is 15.5. The van der Waals surface area contributed by atoms with E-state index in [1.54, 1.807) is 13.0 Å². The van der Waals surface area contributed by atoms with Crippen LogP contribution in [0.4, 0.5) is 4.39 Å². The average molecular weight is 687 g/mol. The molecule has 49 heavy (non-hydrogen) atoms. The Morgan fingerprint density at radius 2 is 1.45 bits per heavy atom. The lowest BCUT2D eigenvalue weighted by molar-refractivity contribution is -0.236. The van der Waals surface area contributed by atoms with Gasteiger partial charge >= 0.3 is 17.9 Å². The van der Waals surface area contributed by atoms with Gasteiger partial charge in [-0.3, -0.25) is 24.0 Å². The lowest BCUT2D eigenvalue weighted by Crippen LogP contribution is -2.70. The molecule has 0 spiro atoms. The van der Waals surface area contributed by atoms with Gasteiger partial charge in [0.25, 0.3) is 0 Å². The minimum absolute atomic E-state index is 0.0579. The van der Waals surface area contributed by atoms with Gasteiger partial charge in [-0.25, -0.2) is 4.39 Å². The van der Waals surface area contributed by atoms with E-state index in [-0.39, 0.29) is 31.5 Å². The Bertz CT molecular complexity index is 1320. The molecule has 0 radical (unpaired) electrons. The quantitative estimate of drug-likeness (QED) is 0.0854. The summed E-state index contributed by atoms with van der Waals surface area (Å²) in [5, 5.41) is 0. The highest BCUT2D eigenvalue weighted by molar-refractivity contribution is 6.01. The van der Waals surface area contributed by atoms with E-state index in [4.69, 9.17) is 14.2 Å². The molecule has 0 bridgehead atoms. The van der Waals surface area contributed by atoms with Crippen molar-refractivity contribution in [3.05, 3.63) is 23.8 Å². The van der Waals surface area contributed by atoms with Crippen LogP contribution in [0.3, 0.4) is 0 Å².